The molecule has 3 heterocycles. The molecule has 3 aromatic carbocycles. The number of para-hydroxylation sites is 1. The third-order valence-electron chi connectivity index (χ3n) is 5.62. The normalized spacial score (nSPS) is 11.7. The van der Waals surface area contributed by atoms with Crippen LogP contribution in [0.2, 0.25) is 10.0 Å². The van der Waals surface area contributed by atoms with Crippen LogP contribution in [0.4, 0.5) is 0 Å². The Morgan fingerprint density at radius 3 is 2.66 bits per heavy atom. The average Bonchev–Trinajstić information content (AvgIpc) is 3.40. The molecule has 0 spiro atoms. The Hall–Kier alpha value is -3.74. The van der Waals surface area contributed by atoms with Crippen LogP contribution in [-0.2, 0) is 0 Å². The van der Waals surface area contributed by atoms with Crippen LogP contribution in [0.25, 0.3) is 55.2 Å². The van der Waals surface area contributed by atoms with Crippen molar-refractivity contribution in [1.29, 1.82) is 0 Å². The number of halogens is 2. The van der Waals surface area contributed by atoms with Crippen LogP contribution in [0.15, 0.2) is 70.0 Å². The van der Waals surface area contributed by atoms with E-state index in [4.69, 9.17) is 27.6 Å². The summed E-state index contributed by atoms with van der Waals surface area (Å²) in [5, 5.41) is 21.2. The Bertz CT molecular complexity index is 1750. The largest absolute Gasteiger partial charge is 0.506 e. The van der Waals surface area contributed by atoms with Crippen molar-refractivity contribution in [2.24, 2.45) is 0 Å². The van der Waals surface area contributed by atoms with E-state index in [9.17, 15) is 9.90 Å². The number of aromatic amines is 2. The predicted molar refractivity (Wildman–Crippen MR) is 127 cm³/mol. The highest BCUT2D eigenvalue weighted by Crippen LogP contribution is 2.45. The molecular weight excluding hydrogens is 449 g/mol. The molecule has 32 heavy (non-hydrogen) atoms. The fraction of sp³-hybridized carbons (Fsp3) is 0. The molecule has 8 heteroatoms. The van der Waals surface area contributed by atoms with E-state index in [2.05, 4.69) is 15.2 Å². The first-order chi connectivity index (χ1) is 15.5. The maximum atomic E-state index is 13.2. The highest BCUT2D eigenvalue weighted by Gasteiger charge is 2.25. The van der Waals surface area contributed by atoms with Crippen LogP contribution in [0, 0.1) is 0 Å². The summed E-state index contributed by atoms with van der Waals surface area (Å²) in [6.07, 6.45) is 1.70. The maximum Gasteiger partial charge on any atom is 0.348 e. The molecule has 0 fully saturated rings. The molecule has 0 aliphatic heterocycles. The summed E-state index contributed by atoms with van der Waals surface area (Å²) in [4.78, 5) is 16.5. The molecule has 0 aliphatic carbocycles. The predicted octanol–water partition coefficient (Wildman–Crippen LogP) is 6.50. The molecule has 3 aromatic heterocycles. The Morgan fingerprint density at radius 2 is 1.81 bits per heavy atom. The molecule has 6 rings (SSSR count). The minimum atomic E-state index is -0.653. The van der Waals surface area contributed by atoms with Gasteiger partial charge in [-0.05, 0) is 36.4 Å². The van der Waals surface area contributed by atoms with Gasteiger partial charge in [0.1, 0.15) is 16.9 Å². The summed E-state index contributed by atoms with van der Waals surface area (Å²) in [7, 11) is 0. The van der Waals surface area contributed by atoms with E-state index in [0.29, 0.717) is 43.2 Å². The molecule has 3 N–H and O–H groups in total. The molecule has 0 radical (unpaired) electrons. The molecule has 0 saturated heterocycles. The summed E-state index contributed by atoms with van der Waals surface area (Å²) in [6, 6.07) is 15.9. The van der Waals surface area contributed by atoms with Crippen LogP contribution >= 0.6 is 23.2 Å². The highest BCUT2D eigenvalue weighted by atomic mass is 35.5. The fourth-order valence-electron chi connectivity index (χ4n) is 4.17. The number of nitrogens with one attached hydrogen (secondary N) is 2. The molecular formula is C24H13Cl2N3O3. The zero-order valence-electron chi connectivity index (χ0n) is 16.2. The van der Waals surface area contributed by atoms with Crippen molar-refractivity contribution in [2.75, 3.05) is 0 Å². The van der Waals surface area contributed by atoms with Gasteiger partial charge in [0.2, 0.25) is 0 Å². The lowest BCUT2D eigenvalue weighted by Crippen LogP contribution is -2.04. The number of aromatic nitrogens is 3. The van der Waals surface area contributed by atoms with Crippen LogP contribution in [0.3, 0.4) is 0 Å². The van der Waals surface area contributed by atoms with E-state index in [1.54, 1.807) is 48.7 Å². The third kappa shape index (κ3) is 2.67. The third-order valence-corrected chi connectivity index (χ3v) is 6.36. The Labute approximate surface area is 190 Å². The lowest BCUT2D eigenvalue weighted by atomic mass is 9.97. The molecule has 0 atom stereocenters. The first-order valence-corrected chi connectivity index (χ1v) is 10.5. The Balaban J connectivity index is 1.82. The zero-order chi connectivity index (χ0) is 22.0. The van der Waals surface area contributed by atoms with Gasteiger partial charge in [0.05, 0.1) is 32.8 Å². The molecule has 0 bridgehead atoms. The second-order valence-corrected chi connectivity index (χ2v) is 8.25. The van der Waals surface area contributed by atoms with Gasteiger partial charge in [0, 0.05) is 27.4 Å². The number of H-pyrrole nitrogens is 2. The molecule has 6 nitrogen and oxygen atoms in total. The lowest BCUT2D eigenvalue weighted by molar-refractivity contribution is 0.471. The molecule has 0 amide bonds. The number of nitrogens with zero attached hydrogens (tertiary/aromatic N) is 1. The van der Waals surface area contributed by atoms with Crippen molar-refractivity contribution in [2.45, 2.75) is 0 Å². The zero-order valence-corrected chi connectivity index (χ0v) is 17.8. The van der Waals surface area contributed by atoms with Gasteiger partial charge in [-0.25, -0.2) is 4.79 Å². The van der Waals surface area contributed by atoms with Gasteiger partial charge >= 0.3 is 5.63 Å². The van der Waals surface area contributed by atoms with E-state index < -0.39 is 5.63 Å². The summed E-state index contributed by atoms with van der Waals surface area (Å²) in [6.45, 7) is 0. The maximum absolute atomic E-state index is 13.2. The quantitative estimate of drug-likeness (QED) is 0.256. The minimum Gasteiger partial charge on any atom is -0.506 e. The summed E-state index contributed by atoms with van der Waals surface area (Å²) < 4.78 is 5.57. The van der Waals surface area contributed by atoms with E-state index in [1.165, 1.54) is 0 Å². The summed E-state index contributed by atoms with van der Waals surface area (Å²) >= 11 is 12.4. The fourth-order valence-corrected chi connectivity index (χ4v) is 4.47. The number of aromatic hydroxyl groups is 1. The van der Waals surface area contributed by atoms with Crippen LogP contribution in [-0.4, -0.2) is 20.3 Å². The number of fused-ring (bicyclic) bond motifs is 4. The summed E-state index contributed by atoms with van der Waals surface area (Å²) in [5.74, 6) is -0.157. The van der Waals surface area contributed by atoms with Gasteiger partial charge in [-0.1, -0.05) is 41.4 Å². The first-order valence-electron chi connectivity index (χ1n) is 9.71. The number of hydrogen-bond acceptors (Lipinski definition) is 4. The van der Waals surface area contributed by atoms with E-state index in [0.717, 1.165) is 16.4 Å². The lowest BCUT2D eigenvalue weighted by Gasteiger charge is -2.09. The Morgan fingerprint density at radius 1 is 0.969 bits per heavy atom. The molecule has 0 aliphatic rings. The Kier molecular flexibility index (Phi) is 4.08. The minimum absolute atomic E-state index is 0.0538. The van der Waals surface area contributed by atoms with E-state index >= 15 is 0 Å². The van der Waals surface area contributed by atoms with Crippen LogP contribution in [0.5, 0.6) is 5.75 Å². The average molecular weight is 462 g/mol. The van der Waals surface area contributed by atoms with Gasteiger partial charge in [0.25, 0.3) is 0 Å². The van der Waals surface area contributed by atoms with Gasteiger partial charge in [0.15, 0.2) is 0 Å². The van der Waals surface area contributed by atoms with Gasteiger partial charge in [-0.3, -0.25) is 5.10 Å². The van der Waals surface area contributed by atoms with Gasteiger partial charge in [-0.2, -0.15) is 5.10 Å². The number of benzene rings is 3. The van der Waals surface area contributed by atoms with E-state index in [-0.39, 0.29) is 11.3 Å². The molecule has 0 unspecified atom stereocenters. The molecule has 156 valence electrons. The van der Waals surface area contributed by atoms with Gasteiger partial charge < -0.3 is 14.5 Å². The second kappa shape index (κ2) is 6.88. The number of hydrogen-bond donors (Lipinski definition) is 3. The van der Waals surface area contributed by atoms with Crippen molar-refractivity contribution < 1.29 is 9.52 Å². The van der Waals surface area contributed by atoms with Crippen molar-refractivity contribution in [1.82, 2.24) is 15.2 Å². The monoisotopic (exact) mass is 461 g/mol. The molecule has 0 saturated carbocycles. The molecule has 6 aromatic rings. The summed E-state index contributed by atoms with van der Waals surface area (Å²) in [5.41, 5.74) is 2.98. The first kappa shape index (κ1) is 19.0. The standard InChI is InChI=1S/C24H13Cl2N3O3/c25-14-7-5-11(9-15(14)26)21-19(18-16(28-21)8-6-12-10-27-29-22(12)18)20-23(30)13-3-1-2-4-17(13)32-24(20)31/h1-10,28,30H,(H,27,29). The topological polar surface area (TPSA) is 94.9 Å². The van der Waals surface area contributed by atoms with Crippen LogP contribution in [0.1, 0.15) is 0 Å². The van der Waals surface area contributed by atoms with E-state index in [1.807, 2.05) is 12.1 Å². The van der Waals surface area contributed by atoms with Crippen LogP contribution < -0.4 is 5.63 Å². The van der Waals surface area contributed by atoms with Crippen molar-refractivity contribution >= 4 is 56.0 Å². The smallest absolute Gasteiger partial charge is 0.348 e. The SMILES string of the molecule is O=c1oc2ccccc2c(O)c1-c1c(-c2ccc(Cl)c(Cl)c2)[nH]c2ccc3cn[nH]c3c12. The second-order valence-electron chi connectivity index (χ2n) is 7.44. The van der Waals surface area contributed by atoms with Crippen molar-refractivity contribution in [3.8, 4) is 28.1 Å². The van der Waals surface area contributed by atoms with Crippen molar-refractivity contribution in [3.63, 3.8) is 0 Å². The highest BCUT2D eigenvalue weighted by molar-refractivity contribution is 6.42. The van der Waals surface area contributed by atoms with Gasteiger partial charge in [-0.15, -0.1) is 0 Å². The number of rotatable bonds is 2. The van der Waals surface area contributed by atoms with Crippen molar-refractivity contribution in [3.05, 3.63) is 81.3 Å².